The van der Waals surface area contributed by atoms with Crippen LogP contribution in [0.4, 0.5) is 9.59 Å². The van der Waals surface area contributed by atoms with Crippen molar-refractivity contribution < 1.29 is 19.1 Å². The second-order valence-corrected chi connectivity index (χ2v) is 4.69. The molecule has 8 nitrogen and oxygen atoms in total. The second kappa shape index (κ2) is 7.66. The van der Waals surface area contributed by atoms with Gasteiger partial charge in [0.15, 0.2) is 11.3 Å². The van der Waals surface area contributed by atoms with Crippen LogP contribution in [0.2, 0.25) is 0 Å². The largest absolute Gasteiger partial charge is 0.453 e. The minimum Gasteiger partial charge on any atom is -0.453 e. The highest BCUT2D eigenvalue weighted by molar-refractivity contribution is 5.68. The van der Waals surface area contributed by atoms with Gasteiger partial charge in [-0.05, 0) is 26.7 Å². The van der Waals surface area contributed by atoms with Gasteiger partial charge in [0.2, 0.25) is 0 Å². The van der Waals surface area contributed by atoms with E-state index in [1.165, 1.54) is 14.2 Å². The van der Waals surface area contributed by atoms with E-state index in [1.807, 2.05) is 13.8 Å². The quantitative estimate of drug-likeness (QED) is 0.733. The van der Waals surface area contributed by atoms with E-state index < -0.39 is 23.5 Å². The fraction of sp³-hybridized carbons (Fsp3) is 0.833. The molecule has 0 aromatic rings. The minimum atomic E-state index is -0.901. The van der Waals surface area contributed by atoms with Crippen molar-refractivity contribution in [2.45, 2.75) is 51.9 Å². The predicted octanol–water partition coefficient (Wildman–Crippen LogP) is 2.40. The highest BCUT2D eigenvalue weighted by Gasteiger charge is 2.29. The molecule has 0 radical (unpaired) electrons. The number of amides is 2. The third kappa shape index (κ3) is 5.85. The molecule has 20 heavy (non-hydrogen) atoms. The molecule has 0 heterocycles. The van der Waals surface area contributed by atoms with Gasteiger partial charge in [0.25, 0.3) is 0 Å². The van der Waals surface area contributed by atoms with Crippen molar-refractivity contribution in [1.29, 1.82) is 0 Å². The molecule has 0 aromatic heterocycles. The van der Waals surface area contributed by atoms with E-state index in [0.29, 0.717) is 12.8 Å². The van der Waals surface area contributed by atoms with E-state index in [4.69, 9.17) is 0 Å². The summed E-state index contributed by atoms with van der Waals surface area (Å²) in [5, 5.41) is 13.5. The molecule has 0 saturated carbocycles. The van der Waals surface area contributed by atoms with Crippen molar-refractivity contribution in [3.63, 3.8) is 0 Å². The van der Waals surface area contributed by atoms with Gasteiger partial charge < -0.3 is 9.47 Å². The summed E-state index contributed by atoms with van der Waals surface area (Å²) in [6, 6.07) is 0. The van der Waals surface area contributed by atoms with E-state index in [-0.39, 0.29) is 0 Å². The molecule has 2 amide bonds. The van der Waals surface area contributed by atoms with Crippen LogP contribution >= 0.6 is 0 Å². The number of carbonyl (C=O) groups is 2. The molecule has 2 atom stereocenters. The third-order valence-electron chi connectivity index (χ3n) is 2.98. The lowest BCUT2D eigenvalue weighted by atomic mass is 10.1. The van der Waals surface area contributed by atoms with Gasteiger partial charge in [0.1, 0.15) is 0 Å². The summed E-state index contributed by atoms with van der Waals surface area (Å²) in [6.45, 7) is 7.13. The zero-order valence-electron chi connectivity index (χ0n) is 12.9. The Hall–Kier alpha value is -1.86. The van der Waals surface area contributed by atoms with Gasteiger partial charge in [-0.3, -0.25) is 10.6 Å². The van der Waals surface area contributed by atoms with Gasteiger partial charge in [-0.1, -0.05) is 13.8 Å². The van der Waals surface area contributed by atoms with Crippen LogP contribution in [0.1, 0.15) is 40.5 Å². The van der Waals surface area contributed by atoms with Crippen LogP contribution in [0.15, 0.2) is 10.2 Å². The van der Waals surface area contributed by atoms with Crippen LogP contribution in [-0.4, -0.2) is 37.7 Å². The summed E-state index contributed by atoms with van der Waals surface area (Å²) in [7, 11) is 2.55. The number of hydrogen-bond donors (Lipinski definition) is 2. The molecule has 0 rings (SSSR count). The molecule has 0 bridgehead atoms. The van der Waals surface area contributed by atoms with Crippen molar-refractivity contribution in [2.24, 2.45) is 10.2 Å². The third-order valence-corrected chi connectivity index (χ3v) is 2.98. The number of rotatable bonds is 6. The maximum Gasteiger partial charge on any atom is 0.408 e. The van der Waals surface area contributed by atoms with Crippen molar-refractivity contribution in [3.8, 4) is 0 Å². The molecule has 0 aliphatic heterocycles. The summed E-state index contributed by atoms with van der Waals surface area (Å²) in [5.74, 6) is 0. The molecule has 8 heteroatoms. The average molecular weight is 288 g/mol. The molecule has 0 aromatic carbocycles. The Morgan fingerprint density at radius 2 is 1.20 bits per heavy atom. The van der Waals surface area contributed by atoms with E-state index in [9.17, 15) is 9.59 Å². The smallest absolute Gasteiger partial charge is 0.408 e. The lowest BCUT2D eigenvalue weighted by Crippen LogP contribution is -2.47. The van der Waals surface area contributed by atoms with Crippen LogP contribution in [0, 0.1) is 0 Å². The van der Waals surface area contributed by atoms with Crippen LogP contribution in [0.3, 0.4) is 0 Å². The molecule has 0 saturated heterocycles. The monoisotopic (exact) mass is 288 g/mol. The van der Waals surface area contributed by atoms with Crippen LogP contribution in [0.25, 0.3) is 0 Å². The predicted molar refractivity (Wildman–Crippen MR) is 73.3 cm³/mol. The Morgan fingerprint density at radius 3 is 1.40 bits per heavy atom. The zero-order chi connectivity index (χ0) is 15.8. The van der Waals surface area contributed by atoms with Gasteiger partial charge >= 0.3 is 12.2 Å². The number of alkyl carbamates (subject to hydrolysis) is 2. The van der Waals surface area contributed by atoms with Crippen LogP contribution in [-0.2, 0) is 9.47 Å². The van der Waals surface area contributed by atoms with Gasteiger partial charge in [-0.15, -0.1) is 0 Å². The molecule has 0 fully saturated rings. The summed E-state index contributed by atoms with van der Waals surface area (Å²) < 4.78 is 9.09. The Bertz CT molecular complexity index is 340. The normalized spacial score (nSPS) is 16.9. The second-order valence-electron chi connectivity index (χ2n) is 4.69. The van der Waals surface area contributed by atoms with Crippen molar-refractivity contribution in [3.05, 3.63) is 0 Å². The van der Waals surface area contributed by atoms with Crippen molar-refractivity contribution >= 4 is 12.2 Å². The Labute approximate surface area is 119 Å². The van der Waals surface area contributed by atoms with Gasteiger partial charge in [-0.2, -0.15) is 10.2 Å². The number of carbonyl (C=O) groups excluding carboxylic acids is 2. The highest BCUT2D eigenvalue weighted by Crippen LogP contribution is 2.18. The van der Waals surface area contributed by atoms with E-state index in [0.717, 1.165) is 0 Å². The number of azo groups is 1. The van der Waals surface area contributed by atoms with Crippen molar-refractivity contribution in [2.75, 3.05) is 14.2 Å². The van der Waals surface area contributed by atoms with Gasteiger partial charge in [-0.25, -0.2) is 9.59 Å². The average Bonchev–Trinajstić information content (AvgIpc) is 2.45. The fourth-order valence-corrected chi connectivity index (χ4v) is 1.13. The summed E-state index contributed by atoms with van der Waals surface area (Å²) in [6.07, 6.45) is -0.146. The molecule has 0 spiro atoms. The Balaban J connectivity index is 4.99. The minimum absolute atomic E-state index is 0.517. The molecular formula is C12H24N4O4. The molecule has 2 N–H and O–H groups in total. The first-order valence-electron chi connectivity index (χ1n) is 6.40. The summed E-state index contributed by atoms with van der Waals surface area (Å²) in [5.41, 5.74) is -1.80. The molecule has 0 aliphatic carbocycles. The number of nitrogens with one attached hydrogen (secondary N) is 2. The first-order valence-corrected chi connectivity index (χ1v) is 6.40. The topological polar surface area (TPSA) is 101 Å². The van der Waals surface area contributed by atoms with E-state index >= 15 is 0 Å². The number of methoxy groups -OCH3 is 2. The molecular weight excluding hydrogens is 264 g/mol. The Morgan fingerprint density at radius 1 is 0.900 bits per heavy atom. The maximum atomic E-state index is 11.3. The number of ether oxygens (including phenoxy) is 2. The SMILES string of the molecule is CCC(C)(N=NC(C)(CC)NC(=O)OC)NC(=O)OC. The van der Waals surface area contributed by atoms with E-state index in [1.54, 1.807) is 13.8 Å². The van der Waals surface area contributed by atoms with E-state index in [2.05, 4.69) is 30.3 Å². The highest BCUT2D eigenvalue weighted by atomic mass is 16.5. The summed E-state index contributed by atoms with van der Waals surface area (Å²) >= 11 is 0. The van der Waals surface area contributed by atoms with Gasteiger partial charge in [0, 0.05) is 0 Å². The van der Waals surface area contributed by atoms with Crippen molar-refractivity contribution in [1.82, 2.24) is 10.6 Å². The standard InChI is InChI=1S/C12H24N4O4/c1-7-11(3,13-9(17)19-5)15-16-12(4,8-2)14-10(18)20-6/h7-8H2,1-6H3,(H,13,17)(H,14,18). The van der Waals surface area contributed by atoms with Crippen LogP contribution in [0.5, 0.6) is 0 Å². The first-order chi connectivity index (χ1) is 9.24. The van der Waals surface area contributed by atoms with Gasteiger partial charge in [0.05, 0.1) is 14.2 Å². The lowest BCUT2D eigenvalue weighted by Gasteiger charge is -2.27. The zero-order valence-corrected chi connectivity index (χ0v) is 12.9. The summed E-state index contributed by atoms with van der Waals surface area (Å²) in [4.78, 5) is 22.6. The molecule has 116 valence electrons. The lowest BCUT2D eigenvalue weighted by molar-refractivity contribution is 0.149. The maximum absolute atomic E-state index is 11.3. The first kappa shape index (κ1) is 18.1. The fourth-order valence-electron chi connectivity index (χ4n) is 1.13. The Kier molecular flexibility index (Phi) is 6.95. The molecule has 0 aliphatic rings. The number of hydrogen-bond acceptors (Lipinski definition) is 6. The van der Waals surface area contributed by atoms with Crippen LogP contribution < -0.4 is 10.6 Å². The number of nitrogens with zero attached hydrogens (tertiary/aromatic N) is 2. The molecule has 2 unspecified atom stereocenters.